The summed E-state index contributed by atoms with van der Waals surface area (Å²) < 4.78 is 29.2. The lowest BCUT2D eigenvalue weighted by Gasteiger charge is -2.05. The van der Waals surface area contributed by atoms with Crippen molar-refractivity contribution < 1.29 is 13.0 Å². The maximum Gasteiger partial charge on any atom is 0.294 e. The molecule has 0 radical (unpaired) electrons. The Kier molecular flexibility index (Phi) is 3.79. The molecule has 0 bridgehead atoms. The second kappa shape index (κ2) is 5.59. The number of hydrogen-bond acceptors (Lipinski definition) is 4. The van der Waals surface area contributed by atoms with Crippen molar-refractivity contribution in [1.82, 2.24) is 15.5 Å². The number of nitrogens with zero attached hydrogens (tertiary/aromatic N) is 1. The van der Waals surface area contributed by atoms with Crippen LogP contribution in [-0.2, 0) is 16.5 Å². The SMILES string of the molecule is O=S(=O)(O)c1ccccc1.c1[nH]nc2c1C1CNCC1C2. The molecule has 7 heteroatoms. The number of fused-ring (bicyclic) bond motifs is 3. The van der Waals surface area contributed by atoms with Crippen molar-refractivity contribution >= 4 is 10.1 Å². The van der Waals surface area contributed by atoms with E-state index in [9.17, 15) is 8.42 Å². The fourth-order valence-corrected chi connectivity index (χ4v) is 3.47. The van der Waals surface area contributed by atoms with Gasteiger partial charge in [-0.15, -0.1) is 0 Å². The van der Waals surface area contributed by atoms with Gasteiger partial charge in [0.1, 0.15) is 0 Å². The first-order valence-electron chi connectivity index (χ1n) is 6.81. The van der Waals surface area contributed by atoms with Gasteiger partial charge in [0.2, 0.25) is 0 Å². The summed E-state index contributed by atoms with van der Waals surface area (Å²) in [5.41, 5.74) is 2.77. The molecule has 3 N–H and O–H groups in total. The lowest BCUT2D eigenvalue weighted by molar-refractivity contribution is 0.483. The highest BCUT2D eigenvalue weighted by molar-refractivity contribution is 7.85. The minimum atomic E-state index is -4.00. The highest BCUT2D eigenvalue weighted by Crippen LogP contribution is 2.38. The van der Waals surface area contributed by atoms with E-state index in [2.05, 4.69) is 21.7 Å². The smallest absolute Gasteiger partial charge is 0.294 e. The number of aromatic amines is 1. The summed E-state index contributed by atoms with van der Waals surface area (Å²) in [7, 11) is -4.00. The van der Waals surface area contributed by atoms with Crippen molar-refractivity contribution in [3.05, 3.63) is 47.8 Å². The summed E-state index contributed by atoms with van der Waals surface area (Å²) in [6.45, 7) is 2.33. The van der Waals surface area contributed by atoms with Crippen LogP contribution in [0.2, 0.25) is 0 Å². The Labute approximate surface area is 123 Å². The zero-order chi connectivity index (χ0) is 14.9. The Balaban J connectivity index is 0.000000127. The molecule has 2 aromatic rings. The molecule has 0 saturated carbocycles. The molecule has 0 amide bonds. The number of nitrogens with one attached hydrogen (secondary N) is 2. The first-order valence-corrected chi connectivity index (χ1v) is 8.25. The van der Waals surface area contributed by atoms with Gasteiger partial charge in [-0.2, -0.15) is 13.5 Å². The van der Waals surface area contributed by atoms with Gasteiger partial charge in [-0.3, -0.25) is 9.65 Å². The van der Waals surface area contributed by atoms with E-state index in [1.54, 1.807) is 18.2 Å². The van der Waals surface area contributed by atoms with Crippen molar-refractivity contribution in [2.24, 2.45) is 5.92 Å². The Morgan fingerprint density at radius 3 is 2.62 bits per heavy atom. The van der Waals surface area contributed by atoms with Gasteiger partial charge in [-0.05, 0) is 36.6 Å². The molecule has 1 aromatic carbocycles. The van der Waals surface area contributed by atoms with Gasteiger partial charge >= 0.3 is 0 Å². The van der Waals surface area contributed by atoms with Crippen molar-refractivity contribution in [3.63, 3.8) is 0 Å². The van der Waals surface area contributed by atoms with Crippen LogP contribution in [0.15, 0.2) is 41.4 Å². The van der Waals surface area contributed by atoms with Gasteiger partial charge in [-0.25, -0.2) is 0 Å². The Morgan fingerprint density at radius 1 is 1.19 bits per heavy atom. The summed E-state index contributed by atoms with van der Waals surface area (Å²) in [5, 5.41) is 10.6. The summed E-state index contributed by atoms with van der Waals surface area (Å²) in [6.07, 6.45) is 3.24. The van der Waals surface area contributed by atoms with Crippen molar-refractivity contribution in [2.75, 3.05) is 13.1 Å². The molecule has 1 aliphatic carbocycles. The van der Waals surface area contributed by atoms with Crippen molar-refractivity contribution in [2.45, 2.75) is 17.2 Å². The predicted octanol–water partition coefficient (Wildman–Crippen LogP) is 1.20. The zero-order valence-corrected chi connectivity index (χ0v) is 12.2. The fourth-order valence-electron chi connectivity index (χ4n) is 2.96. The minimum absolute atomic E-state index is 0.0741. The van der Waals surface area contributed by atoms with Gasteiger partial charge in [0.05, 0.1) is 10.6 Å². The quantitative estimate of drug-likeness (QED) is 0.688. The molecule has 2 heterocycles. The molecule has 2 unspecified atom stereocenters. The van der Waals surface area contributed by atoms with E-state index in [-0.39, 0.29) is 4.90 Å². The zero-order valence-electron chi connectivity index (χ0n) is 11.4. The van der Waals surface area contributed by atoms with Crippen LogP contribution in [0.25, 0.3) is 0 Å². The molecule has 4 rings (SSSR count). The van der Waals surface area contributed by atoms with Crippen LogP contribution in [0.5, 0.6) is 0 Å². The summed E-state index contributed by atoms with van der Waals surface area (Å²) in [5.74, 6) is 1.59. The van der Waals surface area contributed by atoms with Crippen molar-refractivity contribution in [1.29, 1.82) is 0 Å². The monoisotopic (exact) mass is 307 g/mol. The summed E-state index contributed by atoms with van der Waals surface area (Å²) >= 11 is 0. The first-order chi connectivity index (χ1) is 10.1. The third-order valence-corrected chi connectivity index (χ3v) is 4.86. The van der Waals surface area contributed by atoms with Gasteiger partial charge in [-0.1, -0.05) is 18.2 Å². The number of hydrogen-bond donors (Lipinski definition) is 3. The molecule has 0 spiro atoms. The molecule has 112 valence electrons. The Bertz CT molecular complexity index is 712. The van der Waals surface area contributed by atoms with E-state index in [1.165, 1.54) is 36.4 Å². The maximum absolute atomic E-state index is 10.4. The Hall–Kier alpha value is -1.70. The predicted molar refractivity (Wildman–Crippen MR) is 77.6 cm³/mol. The van der Waals surface area contributed by atoms with E-state index < -0.39 is 10.1 Å². The molecule has 1 aromatic heterocycles. The number of rotatable bonds is 1. The molecule has 1 aliphatic heterocycles. The van der Waals surface area contributed by atoms with Gasteiger partial charge in [0, 0.05) is 18.7 Å². The van der Waals surface area contributed by atoms with Crippen LogP contribution in [0.1, 0.15) is 17.2 Å². The lowest BCUT2D eigenvalue weighted by Crippen LogP contribution is -2.10. The molecular formula is C14H17N3O3S. The van der Waals surface area contributed by atoms with Crippen molar-refractivity contribution in [3.8, 4) is 0 Å². The number of H-pyrrole nitrogens is 1. The normalized spacial score (nSPS) is 23.1. The topological polar surface area (TPSA) is 95.1 Å². The van der Waals surface area contributed by atoms with Crippen LogP contribution in [-0.4, -0.2) is 36.3 Å². The molecule has 21 heavy (non-hydrogen) atoms. The van der Waals surface area contributed by atoms with Gasteiger partial charge in [0.15, 0.2) is 0 Å². The van der Waals surface area contributed by atoms with E-state index in [4.69, 9.17) is 4.55 Å². The Morgan fingerprint density at radius 2 is 1.95 bits per heavy atom. The van der Waals surface area contributed by atoms with Crippen LogP contribution in [0, 0.1) is 5.92 Å². The summed E-state index contributed by atoms with van der Waals surface area (Å²) in [6, 6.07) is 7.42. The van der Waals surface area contributed by atoms with Crippen LogP contribution in [0.3, 0.4) is 0 Å². The number of aromatic nitrogens is 2. The molecular weight excluding hydrogens is 290 g/mol. The lowest BCUT2D eigenvalue weighted by atomic mass is 9.98. The minimum Gasteiger partial charge on any atom is -0.316 e. The third-order valence-electron chi connectivity index (χ3n) is 3.99. The molecule has 2 atom stereocenters. The van der Waals surface area contributed by atoms with E-state index >= 15 is 0 Å². The average molecular weight is 307 g/mol. The van der Waals surface area contributed by atoms with E-state index in [0.717, 1.165) is 18.4 Å². The fraction of sp³-hybridized carbons (Fsp3) is 0.357. The molecule has 1 fully saturated rings. The second-order valence-electron chi connectivity index (χ2n) is 5.30. The number of benzene rings is 1. The highest BCUT2D eigenvalue weighted by atomic mass is 32.2. The molecule has 1 saturated heterocycles. The third kappa shape index (κ3) is 2.99. The summed E-state index contributed by atoms with van der Waals surface area (Å²) in [4.78, 5) is -0.0741. The first kappa shape index (κ1) is 14.2. The van der Waals surface area contributed by atoms with Gasteiger partial charge < -0.3 is 5.32 Å². The molecule has 2 aliphatic rings. The van der Waals surface area contributed by atoms with Crippen LogP contribution < -0.4 is 5.32 Å². The van der Waals surface area contributed by atoms with E-state index in [1.807, 2.05) is 0 Å². The molecule has 6 nitrogen and oxygen atoms in total. The maximum atomic E-state index is 10.4. The average Bonchev–Trinajstić information content (AvgIpc) is 3.12. The standard InChI is InChI=1S/C8H11N3.C6H6O3S/c1-5-2-9-3-6(5)7-4-10-11-8(1)7;7-10(8,9)6-4-2-1-3-5-6/h4-6,9H,1-3H2,(H,10,11);1-5H,(H,7,8,9). The van der Waals surface area contributed by atoms with Crippen LogP contribution in [0.4, 0.5) is 0 Å². The van der Waals surface area contributed by atoms with Crippen LogP contribution >= 0.6 is 0 Å². The highest BCUT2D eigenvalue weighted by Gasteiger charge is 2.37. The van der Waals surface area contributed by atoms with Gasteiger partial charge in [0.25, 0.3) is 10.1 Å². The second-order valence-corrected chi connectivity index (χ2v) is 6.73. The largest absolute Gasteiger partial charge is 0.316 e. The van der Waals surface area contributed by atoms with E-state index in [0.29, 0.717) is 0 Å².